The Kier molecular flexibility index (Phi) is 7.96. The maximum atomic E-state index is 12.4. The molecule has 4 nitrogen and oxygen atoms in total. The van der Waals surface area contributed by atoms with Gasteiger partial charge in [0.1, 0.15) is 0 Å². The molecule has 2 fully saturated rings. The lowest BCUT2D eigenvalue weighted by Crippen LogP contribution is -2.46. The average Bonchev–Trinajstić information content (AvgIpc) is 3.20. The summed E-state index contributed by atoms with van der Waals surface area (Å²) in [6.07, 6.45) is 6.73. The average molecular weight is 339 g/mol. The number of hydrogen-bond acceptors (Lipinski definition) is 3. The molecule has 6 heteroatoms. The first kappa shape index (κ1) is 19.2. The lowest BCUT2D eigenvalue weighted by Gasteiger charge is -2.32. The van der Waals surface area contributed by atoms with Gasteiger partial charge in [-0.05, 0) is 50.5 Å². The number of hydrogen-bond donors (Lipinski definition) is 1. The van der Waals surface area contributed by atoms with Gasteiger partial charge in [-0.3, -0.25) is 0 Å². The Bertz CT molecular complexity index is 390. The van der Waals surface area contributed by atoms with Crippen molar-refractivity contribution in [3.63, 3.8) is 0 Å². The molecule has 21 heavy (non-hydrogen) atoms. The first-order chi connectivity index (χ1) is 9.51. The Hall–Kier alpha value is 0.160. The van der Waals surface area contributed by atoms with Crippen LogP contribution >= 0.6 is 12.4 Å². The van der Waals surface area contributed by atoms with Gasteiger partial charge in [-0.1, -0.05) is 20.3 Å². The second-order valence-electron chi connectivity index (χ2n) is 6.70. The molecule has 0 radical (unpaired) electrons. The molecule has 0 spiro atoms. The molecule has 1 saturated carbocycles. The van der Waals surface area contributed by atoms with Crippen LogP contribution in [0.25, 0.3) is 0 Å². The molecule has 1 heterocycles. The summed E-state index contributed by atoms with van der Waals surface area (Å²) >= 11 is 0. The lowest BCUT2D eigenvalue weighted by atomic mass is 10.1. The van der Waals surface area contributed by atoms with Crippen LogP contribution in [0.15, 0.2) is 0 Å². The van der Waals surface area contributed by atoms with Crippen molar-refractivity contribution in [3.05, 3.63) is 0 Å². The van der Waals surface area contributed by atoms with Crippen LogP contribution in [0.5, 0.6) is 0 Å². The third-order valence-corrected chi connectivity index (χ3v) is 6.66. The zero-order chi connectivity index (χ0) is 14.6. The highest BCUT2D eigenvalue weighted by molar-refractivity contribution is 7.89. The van der Waals surface area contributed by atoms with Crippen LogP contribution in [0, 0.1) is 11.8 Å². The number of rotatable bonds is 8. The molecule has 0 aromatic carbocycles. The van der Waals surface area contributed by atoms with Gasteiger partial charge < -0.3 is 5.32 Å². The number of halogens is 1. The molecule has 1 saturated heterocycles. The summed E-state index contributed by atoms with van der Waals surface area (Å²) in [6, 6.07) is 0.523. The SMILES string of the molecule is CCCC(C)CS(=O)(=O)N1CCC(NCC2CC2)CC1.Cl. The molecule has 1 N–H and O–H groups in total. The van der Waals surface area contributed by atoms with Crippen molar-refractivity contribution in [3.8, 4) is 0 Å². The van der Waals surface area contributed by atoms with Gasteiger partial charge in [-0.25, -0.2) is 12.7 Å². The standard InChI is InChI=1S/C15H30N2O2S.ClH/c1-3-4-13(2)12-20(18,19)17-9-7-15(8-10-17)16-11-14-5-6-14;/h13-16H,3-12H2,1-2H3;1H. The molecule has 126 valence electrons. The van der Waals surface area contributed by atoms with E-state index in [0.29, 0.717) is 24.9 Å². The van der Waals surface area contributed by atoms with Crippen molar-refractivity contribution in [2.24, 2.45) is 11.8 Å². The molecule has 2 aliphatic rings. The quantitative estimate of drug-likeness (QED) is 0.740. The van der Waals surface area contributed by atoms with Crippen molar-refractivity contribution in [1.29, 1.82) is 0 Å². The molecule has 1 atom stereocenters. The van der Waals surface area contributed by atoms with Crippen LogP contribution in [0.2, 0.25) is 0 Å². The molecule has 1 aliphatic carbocycles. The van der Waals surface area contributed by atoms with Gasteiger partial charge in [0.25, 0.3) is 0 Å². The Balaban J connectivity index is 0.00000220. The highest BCUT2D eigenvalue weighted by Crippen LogP contribution is 2.28. The van der Waals surface area contributed by atoms with E-state index < -0.39 is 10.0 Å². The molecule has 0 aromatic heterocycles. The smallest absolute Gasteiger partial charge is 0.214 e. The van der Waals surface area contributed by atoms with E-state index in [1.165, 1.54) is 12.8 Å². The summed E-state index contributed by atoms with van der Waals surface area (Å²) in [5.41, 5.74) is 0. The van der Waals surface area contributed by atoms with Crippen LogP contribution in [0.4, 0.5) is 0 Å². The summed E-state index contributed by atoms with van der Waals surface area (Å²) in [7, 11) is -3.04. The van der Waals surface area contributed by atoms with Crippen molar-refractivity contribution in [2.45, 2.75) is 58.4 Å². The minimum Gasteiger partial charge on any atom is -0.314 e. The van der Waals surface area contributed by atoms with Gasteiger partial charge in [-0.15, -0.1) is 12.4 Å². The molecular formula is C15H31ClN2O2S. The zero-order valence-electron chi connectivity index (χ0n) is 13.4. The number of nitrogens with one attached hydrogen (secondary N) is 1. The lowest BCUT2D eigenvalue weighted by molar-refractivity contribution is 0.286. The van der Waals surface area contributed by atoms with E-state index in [1.54, 1.807) is 4.31 Å². The maximum Gasteiger partial charge on any atom is 0.214 e. The van der Waals surface area contributed by atoms with Crippen molar-refractivity contribution < 1.29 is 8.42 Å². The molecule has 2 rings (SSSR count). The Morgan fingerprint density at radius 3 is 2.33 bits per heavy atom. The highest BCUT2D eigenvalue weighted by Gasteiger charge is 2.30. The molecule has 0 amide bonds. The zero-order valence-corrected chi connectivity index (χ0v) is 15.0. The van der Waals surface area contributed by atoms with Gasteiger partial charge in [0, 0.05) is 19.1 Å². The summed E-state index contributed by atoms with van der Waals surface area (Å²) < 4.78 is 26.4. The van der Waals surface area contributed by atoms with E-state index in [4.69, 9.17) is 0 Å². The number of sulfonamides is 1. The van der Waals surface area contributed by atoms with Gasteiger partial charge in [0.15, 0.2) is 0 Å². The predicted molar refractivity (Wildman–Crippen MR) is 90.4 cm³/mol. The summed E-state index contributed by atoms with van der Waals surface area (Å²) in [4.78, 5) is 0. The molecular weight excluding hydrogens is 308 g/mol. The molecule has 0 aromatic rings. The minimum atomic E-state index is -3.04. The fourth-order valence-corrected chi connectivity index (χ4v) is 4.90. The Morgan fingerprint density at radius 1 is 1.19 bits per heavy atom. The van der Waals surface area contributed by atoms with E-state index in [9.17, 15) is 8.42 Å². The predicted octanol–water partition coefficient (Wildman–Crippen LogP) is 2.64. The summed E-state index contributed by atoms with van der Waals surface area (Å²) in [6.45, 7) is 6.68. The number of nitrogens with zero attached hydrogens (tertiary/aromatic N) is 1. The maximum absolute atomic E-state index is 12.4. The van der Waals surface area contributed by atoms with Gasteiger partial charge in [0.05, 0.1) is 5.75 Å². The molecule has 1 aliphatic heterocycles. The normalized spacial score (nSPS) is 22.8. The van der Waals surface area contributed by atoms with E-state index in [1.807, 2.05) is 6.92 Å². The third-order valence-electron chi connectivity index (χ3n) is 4.52. The van der Waals surface area contributed by atoms with E-state index >= 15 is 0 Å². The largest absolute Gasteiger partial charge is 0.314 e. The summed E-state index contributed by atoms with van der Waals surface area (Å²) in [5, 5.41) is 3.60. The van der Waals surface area contributed by atoms with Crippen LogP contribution in [-0.2, 0) is 10.0 Å². The topological polar surface area (TPSA) is 49.4 Å². The second kappa shape index (κ2) is 8.70. The van der Waals surface area contributed by atoms with Crippen LogP contribution in [-0.4, -0.2) is 44.2 Å². The Labute approximate surface area is 136 Å². The van der Waals surface area contributed by atoms with Crippen LogP contribution < -0.4 is 5.32 Å². The van der Waals surface area contributed by atoms with Crippen LogP contribution in [0.1, 0.15) is 52.4 Å². The fraction of sp³-hybridized carbons (Fsp3) is 1.00. The van der Waals surface area contributed by atoms with E-state index in [0.717, 1.165) is 38.1 Å². The monoisotopic (exact) mass is 338 g/mol. The molecule has 0 bridgehead atoms. The van der Waals surface area contributed by atoms with Crippen molar-refractivity contribution in [1.82, 2.24) is 9.62 Å². The highest BCUT2D eigenvalue weighted by atomic mass is 35.5. The number of piperidine rings is 1. The second-order valence-corrected chi connectivity index (χ2v) is 8.71. The van der Waals surface area contributed by atoms with Gasteiger partial charge in [0.2, 0.25) is 10.0 Å². The van der Waals surface area contributed by atoms with Crippen molar-refractivity contribution in [2.75, 3.05) is 25.4 Å². The first-order valence-electron chi connectivity index (χ1n) is 8.22. The van der Waals surface area contributed by atoms with Gasteiger partial charge in [-0.2, -0.15) is 0 Å². The van der Waals surface area contributed by atoms with E-state index in [2.05, 4.69) is 12.2 Å². The molecule has 1 unspecified atom stereocenters. The Morgan fingerprint density at radius 2 is 1.81 bits per heavy atom. The first-order valence-corrected chi connectivity index (χ1v) is 9.83. The minimum absolute atomic E-state index is 0. The van der Waals surface area contributed by atoms with E-state index in [-0.39, 0.29) is 18.3 Å². The van der Waals surface area contributed by atoms with Crippen molar-refractivity contribution >= 4 is 22.4 Å². The van der Waals surface area contributed by atoms with Gasteiger partial charge >= 0.3 is 0 Å². The fourth-order valence-electron chi connectivity index (χ4n) is 3.03. The summed E-state index contributed by atoms with van der Waals surface area (Å²) in [5.74, 6) is 1.49. The van der Waals surface area contributed by atoms with Crippen LogP contribution in [0.3, 0.4) is 0 Å². The third kappa shape index (κ3) is 6.43.